The van der Waals surface area contributed by atoms with Crippen LogP contribution in [0.25, 0.3) is 0 Å². The van der Waals surface area contributed by atoms with Crippen LogP contribution in [-0.2, 0) is 19.6 Å². The molecule has 84 valence electrons. The van der Waals surface area contributed by atoms with E-state index < -0.39 is 21.7 Å². The van der Waals surface area contributed by atoms with Crippen molar-refractivity contribution in [3.8, 4) is 0 Å². The van der Waals surface area contributed by atoms with Crippen LogP contribution in [0.3, 0.4) is 0 Å². The van der Waals surface area contributed by atoms with Crippen molar-refractivity contribution in [1.29, 1.82) is 0 Å². The smallest absolute Gasteiger partial charge is 0.322 e. The predicted octanol–water partition coefficient (Wildman–Crippen LogP) is 0.820. The van der Waals surface area contributed by atoms with Crippen LogP contribution in [0.5, 0.6) is 0 Å². The monoisotopic (exact) mass is 314 g/mol. The summed E-state index contributed by atoms with van der Waals surface area (Å²) >= 11 is 4.25. The van der Waals surface area contributed by atoms with Gasteiger partial charge in [0.15, 0.2) is 10.9 Å². The number of nitrogens with one attached hydrogen (secondary N) is 1. The van der Waals surface area contributed by atoms with E-state index in [0.717, 1.165) is 18.4 Å². The summed E-state index contributed by atoms with van der Waals surface area (Å²) in [5, 5.41) is 0.200. The summed E-state index contributed by atoms with van der Waals surface area (Å²) in [5.74, 6) is -1.54. The molecule has 6 nitrogen and oxygen atoms in total. The number of esters is 1. The number of thiazole rings is 1. The summed E-state index contributed by atoms with van der Waals surface area (Å²) in [7, 11) is -2.61. The zero-order valence-corrected chi connectivity index (χ0v) is 10.8. The van der Waals surface area contributed by atoms with Crippen LogP contribution in [0.2, 0.25) is 0 Å². The summed E-state index contributed by atoms with van der Waals surface area (Å²) in [6.45, 7) is 0. The van der Waals surface area contributed by atoms with Crippen LogP contribution in [0.1, 0.15) is 0 Å². The van der Waals surface area contributed by atoms with Gasteiger partial charge in [-0.25, -0.2) is 13.4 Å². The van der Waals surface area contributed by atoms with Gasteiger partial charge < -0.3 is 4.74 Å². The lowest BCUT2D eigenvalue weighted by molar-refractivity contribution is -0.137. The van der Waals surface area contributed by atoms with E-state index in [0.29, 0.717) is 3.79 Å². The first-order valence-electron chi connectivity index (χ1n) is 3.61. The van der Waals surface area contributed by atoms with E-state index in [1.807, 2.05) is 0 Å². The van der Waals surface area contributed by atoms with E-state index in [1.54, 1.807) is 0 Å². The van der Waals surface area contributed by atoms with Crippen molar-refractivity contribution in [1.82, 2.24) is 4.98 Å². The zero-order chi connectivity index (χ0) is 11.5. The molecule has 0 atom stereocenters. The van der Waals surface area contributed by atoms with E-state index in [1.165, 1.54) is 6.20 Å². The molecule has 0 radical (unpaired) electrons. The van der Waals surface area contributed by atoms with Crippen molar-refractivity contribution in [3.05, 3.63) is 9.98 Å². The van der Waals surface area contributed by atoms with Crippen molar-refractivity contribution in [2.24, 2.45) is 0 Å². The van der Waals surface area contributed by atoms with Gasteiger partial charge in [-0.2, -0.15) is 0 Å². The number of ether oxygens (including phenoxy) is 1. The third-order valence-corrected chi connectivity index (χ3v) is 3.90. The number of sulfonamides is 1. The minimum atomic E-state index is -3.73. The fraction of sp³-hybridized carbons (Fsp3) is 0.333. The second kappa shape index (κ2) is 4.90. The van der Waals surface area contributed by atoms with E-state index in [-0.39, 0.29) is 5.13 Å². The van der Waals surface area contributed by atoms with Crippen molar-refractivity contribution >= 4 is 48.4 Å². The number of anilines is 1. The van der Waals surface area contributed by atoms with Crippen molar-refractivity contribution in [2.45, 2.75) is 0 Å². The zero-order valence-electron chi connectivity index (χ0n) is 7.56. The maximum absolute atomic E-state index is 11.3. The van der Waals surface area contributed by atoms with E-state index >= 15 is 0 Å². The number of hydrogen-bond donors (Lipinski definition) is 1. The van der Waals surface area contributed by atoms with E-state index in [9.17, 15) is 13.2 Å². The molecule has 15 heavy (non-hydrogen) atoms. The van der Waals surface area contributed by atoms with Gasteiger partial charge in [0, 0.05) is 0 Å². The Morgan fingerprint density at radius 1 is 1.73 bits per heavy atom. The Kier molecular flexibility index (Phi) is 4.05. The van der Waals surface area contributed by atoms with Gasteiger partial charge in [0.25, 0.3) is 0 Å². The molecule has 0 unspecified atom stereocenters. The van der Waals surface area contributed by atoms with Crippen molar-refractivity contribution < 1.29 is 17.9 Å². The average Bonchev–Trinajstić information content (AvgIpc) is 2.49. The molecule has 0 fully saturated rings. The Hall–Kier alpha value is -0.670. The lowest BCUT2D eigenvalue weighted by atomic mass is 10.8. The molecule has 0 bridgehead atoms. The van der Waals surface area contributed by atoms with Gasteiger partial charge in [-0.1, -0.05) is 11.3 Å². The highest BCUT2D eigenvalue weighted by Gasteiger charge is 2.18. The molecule has 1 N–H and O–H groups in total. The molecule has 0 spiro atoms. The quantitative estimate of drug-likeness (QED) is 0.832. The number of hydrogen-bond acceptors (Lipinski definition) is 6. The van der Waals surface area contributed by atoms with Crippen LogP contribution < -0.4 is 4.72 Å². The molecule has 0 aromatic carbocycles. The fourth-order valence-electron chi connectivity index (χ4n) is 0.685. The highest BCUT2D eigenvalue weighted by Crippen LogP contribution is 2.23. The number of nitrogens with zero attached hydrogens (tertiary/aromatic N) is 1. The van der Waals surface area contributed by atoms with E-state index in [4.69, 9.17) is 0 Å². The number of aromatic nitrogens is 1. The molecule has 0 aliphatic heterocycles. The third-order valence-electron chi connectivity index (χ3n) is 1.26. The Labute approximate surface area is 98.8 Å². The van der Waals surface area contributed by atoms with Crippen LogP contribution in [0.4, 0.5) is 5.13 Å². The maximum atomic E-state index is 11.3. The fourth-order valence-corrected chi connectivity index (χ4v) is 3.01. The minimum absolute atomic E-state index is 0.200. The molecule has 9 heteroatoms. The molecule has 0 amide bonds. The molecule has 0 saturated heterocycles. The maximum Gasteiger partial charge on any atom is 0.322 e. The van der Waals surface area contributed by atoms with Gasteiger partial charge in [0.1, 0.15) is 0 Å². The summed E-state index contributed by atoms with van der Waals surface area (Å²) < 4.78 is 29.7. The molecule has 0 aliphatic rings. The largest absolute Gasteiger partial charge is 0.468 e. The lowest BCUT2D eigenvalue weighted by Gasteiger charge is -2.02. The Balaban J connectivity index is 2.69. The van der Waals surface area contributed by atoms with Crippen molar-refractivity contribution in [2.75, 3.05) is 17.6 Å². The number of carbonyl (C=O) groups excluding carboxylic acids is 1. The summed E-state index contributed by atoms with van der Waals surface area (Å²) in [6, 6.07) is 0. The van der Waals surface area contributed by atoms with Crippen LogP contribution in [0, 0.1) is 0 Å². The number of rotatable bonds is 4. The molecular formula is C6H7BrN2O4S2. The topological polar surface area (TPSA) is 85.4 Å². The number of carbonyl (C=O) groups is 1. The normalized spacial score (nSPS) is 11.1. The van der Waals surface area contributed by atoms with Gasteiger partial charge >= 0.3 is 5.97 Å². The van der Waals surface area contributed by atoms with Gasteiger partial charge in [0.05, 0.1) is 17.1 Å². The second-order valence-electron chi connectivity index (χ2n) is 2.41. The number of methoxy groups -OCH3 is 1. The Morgan fingerprint density at radius 2 is 2.40 bits per heavy atom. The van der Waals surface area contributed by atoms with Crippen LogP contribution in [0.15, 0.2) is 9.98 Å². The lowest BCUT2D eigenvalue weighted by Crippen LogP contribution is -2.23. The first kappa shape index (κ1) is 12.4. The summed E-state index contributed by atoms with van der Waals surface area (Å²) in [6.07, 6.45) is 1.46. The van der Waals surface area contributed by atoms with Crippen molar-refractivity contribution in [3.63, 3.8) is 0 Å². The third kappa shape index (κ3) is 4.14. The SMILES string of the molecule is COC(=O)CS(=O)(=O)Nc1ncc(Br)s1. The molecular weight excluding hydrogens is 308 g/mol. The average molecular weight is 315 g/mol. The highest BCUT2D eigenvalue weighted by molar-refractivity contribution is 9.11. The Bertz CT molecular complexity index is 455. The Morgan fingerprint density at radius 3 is 2.87 bits per heavy atom. The van der Waals surface area contributed by atoms with Crippen LogP contribution >= 0.6 is 27.3 Å². The van der Waals surface area contributed by atoms with Gasteiger partial charge in [-0.3, -0.25) is 9.52 Å². The molecule has 1 rings (SSSR count). The first-order valence-corrected chi connectivity index (χ1v) is 6.88. The highest BCUT2D eigenvalue weighted by atomic mass is 79.9. The molecule has 1 aromatic heterocycles. The molecule has 1 heterocycles. The minimum Gasteiger partial charge on any atom is -0.468 e. The number of halogens is 1. The predicted molar refractivity (Wildman–Crippen MR) is 59.2 cm³/mol. The first-order chi connectivity index (χ1) is 6.93. The van der Waals surface area contributed by atoms with Gasteiger partial charge in [0.2, 0.25) is 10.0 Å². The second-order valence-corrected chi connectivity index (χ2v) is 6.54. The molecule has 0 aliphatic carbocycles. The van der Waals surface area contributed by atoms with Gasteiger partial charge in [-0.05, 0) is 15.9 Å². The summed E-state index contributed by atoms with van der Waals surface area (Å²) in [5.41, 5.74) is 0. The van der Waals surface area contributed by atoms with Gasteiger partial charge in [-0.15, -0.1) is 0 Å². The molecule has 0 saturated carbocycles. The standard InChI is InChI=1S/C6H7BrN2O4S2/c1-13-5(10)3-15(11,12)9-6-8-2-4(7)14-6/h2H,3H2,1H3,(H,8,9). The van der Waals surface area contributed by atoms with E-state index in [2.05, 4.69) is 30.4 Å². The molecule has 1 aromatic rings. The van der Waals surface area contributed by atoms with Crippen LogP contribution in [-0.4, -0.2) is 32.2 Å². The summed E-state index contributed by atoms with van der Waals surface area (Å²) in [4.78, 5) is 14.5.